The maximum Gasteiger partial charge on any atom is 1.00 e. The van der Waals surface area contributed by atoms with E-state index in [0.29, 0.717) is 24.1 Å². The summed E-state index contributed by atoms with van der Waals surface area (Å²) in [5, 5.41) is 6.10. The van der Waals surface area contributed by atoms with Gasteiger partial charge in [-0.1, -0.05) is 88.4 Å². The van der Waals surface area contributed by atoms with E-state index in [9.17, 15) is 9.59 Å². The smallest absolute Gasteiger partial charge is 0.658 e. The first-order valence-electron chi connectivity index (χ1n) is 11.7. The number of nitrogens with zero attached hydrogens (tertiary/aromatic N) is 1. The summed E-state index contributed by atoms with van der Waals surface area (Å²) in [4.78, 5) is 24.9. The van der Waals surface area contributed by atoms with Crippen LogP contribution in [-0.2, 0) is 9.53 Å². The molecule has 2 rings (SSSR count). The van der Waals surface area contributed by atoms with E-state index in [2.05, 4.69) is 45.7 Å². The molecule has 0 aliphatic rings. The van der Waals surface area contributed by atoms with Crippen molar-refractivity contribution in [2.75, 3.05) is 0 Å². The minimum atomic E-state index is -0.776. The molecule has 1 unspecified atom stereocenters. The van der Waals surface area contributed by atoms with Crippen molar-refractivity contribution in [2.24, 2.45) is 0 Å². The van der Waals surface area contributed by atoms with E-state index < -0.39 is 11.6 Å². The number of hydrogen-bond donors (Lipinski definition) is 0. The van der Waals surface area contributed by atoms with Crippen LogP contribution < -0.4 is 18.9 Å². The molecule has 180 valence electrons. The minimum absolute atomic E-state index is 0. The summed E-state index contributed by atoms with van der Waals surface area (Å²) in [5.41, 5.74) is 0.987. The molecule has 4 nitrogen and oxygen atoms in total. The second kappa shape index (κ2) is 15.7. The van der Waals surface area contributed by atoms with Gasteiger partial charge in [0.2, 0.25) is 0 Å². The zero-order chi connectivity index (χ0) is 25.0. The third-order valence-corrected chi connectivity index (χ3v) is 4.96. The molecule has 2 aromatic carbocycles. The fourth-order valence-electron chi connectivity index (χ4n) is 3.43. The first-order chi connectivity index (χ1) is 15.5. The van der Waals surface area contributed by atoms with Gasteiger partial charge in [-0.15, -0.1) is 12.1 Å². The molecule has 1 atom stereocenters. The fraction of sp³-hybridized carbons (Fsp3) is 0.448. The maximum absolute atomic E-state index is 12.6. The van der Waals surface area contributed by atoms with E-state index in [4.69, 9.17) is 4.74 Å². The zero-order valence-electron chi connectivity index (χ0n) is 22.4. The van der Waals surface area contributed by atoms with Crippen molar-refractivity contribution >= 4 is 22.5 Å². The van der Waals surface area contributed by atoms with E-state index in [1.165, 1.54) is 5.57 Å². The van der Waals surface area contributed by atoms with Gasteiger partial charge < -0.3 is 10.1 Å². The molecule has 0 N–H and O–H groups in total. The van der Waals surface area contributed by atoms with Crippen LogP contribution in [0.5, 0.6) is 0 Å². The van der Waals surface area contributed by atoms with Gasteiger partial charge in [0.1, 0.15) is 12.0 Å². The van der Waals surface area contributed by atoms with Crippen LogP contribution in [0.1, 0.15) is 78.1 Å². The Kier molecular flexibility index (Phi) is 14.7. The second-order valence-electron chi connectivity index (χ2n) is 9.27. The van der Waals surface area contributed by atoms with Crippen molar-refractivity contribution in [3.8, 4) is 0 Å². The predicted octanol–water partition coefficient (Wildman–Crippen LogP) is 4.83. The Morgan fingerprint density at radius 3 is 2.15 bits per heavy atom. The minimum Gasteiger partial charge on any atom is -0.658 e. The van der Waals surface area contributed by atoms with Crippen molar-refractivity contribution in [3.63, 3.8) is 0 Å². The fourth-order valence-corrected chi connectivity index (χ4v) is 3.43. The second-order valence-corrected chi connectivity index (χ2v) is 9.27. The average molecular weight is 458 g/mol. The number of ketones is 1. The molecule has 0 spiro atoms. The van der Waals surface area contributed by atoms with E-state index in [1.807, 2.05) is 57.2 Å². The quantitative estimate of drug-likeness (QED) is 0.169. The van der Waals surface area contributed by atoms with Crippen LogP contribution >= 0.6 is 0 Å². The van der Waals surface area contributed by atoms with Crippen molar-refractivity contribution in [3.05, 3.63) is 77.6 Å². The summed E-state index contributed by atoms with van der Waals surface area (Å²) < 4.78 is 5.57. The Labute approximate surface area is 218 Å². The number of fused-ring (bicyclic) bond motifs is 1. The molecule has 0 saturated heterocycles. The number of benzene rings is 2. The van der Waals surface area contributed by atoms with Gasteiger partial charge in [-0.2, -0.15) is 0 Å². The third kappa shape index (κ3) is 11.8. The van der Waals surface area contributed by atoms with Crippen LogP contribution in [0.25, 0.3) is 16.1 Å². The topological polar surface area (TPSA) is 57.5 Å². The van der Waals surface area contributed by atoms with E-state index in [0.717, 1.165) is 17.2 Å². The van der Waals surface area contributed by atoms with Crippen LogP contribution in [0.4, 0.5) is 0 Å². The normalized spacial score (nSPS) is 12.1. The maximum atomic E-state index is 12.6. The molecule has 0 heterocycles. The number of rotatable bonds is 10. The number of hydrogen-bond acceptors (Lipinski definition) is 3. The van der Waals surface area contributed by atoms with Crippen LogP contribution in [0.2, 0.25) is 0 Å². The Bertz CT molecular complexity index is 950. The van der Waals surface area contributed by atoms with E-state index in [1.54, 1.807) is 12.1 Å². The number of carbonyl (C=O) groups excluding carboxylic acids is 2. The molecule has 0 aromatic heterocycles. The Balaban J connectivity index is 0.00000119. The van der Waals surface area contributed by atoms with Gasteiger partial charge in [0.05, 0.1) is 0 Å². The van der Waals surface area contributed by atoms with Gasteiger partial charge in [0, 0.05) is 5.56 Å². The van der Waals surface area contributed by atoms with Gasteiger partial charge in [0.15, 0.2) is 5.78 Å². The van der Waals surface area contributed by atoms with Crippen molar-refractivity contribution in [2.45, 2.75) is 85.4 Å². The molecule has 0 fully saturated rings. The number of Topliss-reactive ketones (excluding diaryl/α,β-unsaturated/α-hetero) is 1. The molecule has 0 radical (unpaired) electrons. The number of esters is 1. The number of ether oxygens (including phenoxy) is 1. The summed E-state index contributed by atoms with van der Waals surface area (Å²) in [6.07, 6.45) is 4.87. The SMILES string of the molecule is C=CC(C)(CCC=C(C)C)OC(=O)CC(=O)c1cccc2ccccc12.CC(C)[N-]C(C)C.[Li+]. The largest absolute Gasteiger partial charge is 1.00 e. The summed E-state index contributed by atoms with van der Waals surface area (Å²) in [6.45, 7) is 18.0. The van der Waals surface area contributed by atoms with Gasteiger partial charge in [-0.3, -0.25) is 9.59 Å². The van der Waals surface area contributed by atoms with Gasteiger partial charge in [-0.25, -0.2) is 0 Å². The molecule has 34 heavy (non-hydrogen) atoms. The summed E-state index contributed by atoms with van der Waals surface area (Å²) in [6, 6.07) is 14.2. The van der Waals surface area contributed by atoms with E-state index >= 15 is 0 Å². The van der Waals surface area contributed by atoms with Crippen molar-refractivity contribution in [1.29, 1.82) is 0 Å². The Morgan fingerprint density at radius 2 is 1.62 bits per heavy atom. The zero-order valence-corrected chi connectivity index (χ0v) is 22.4. The molecule has 0 amide bonds. The third-order valence-electron chi connectivity index (χ3n) is 4.96. The molecule has 5 heteroatoms. The van der Waals surface area contributed by atoms with Crippen molar-refractivity contribution in [1.82, 2.24) is 0 Å². The first kappa shape index (κ1) is 31.9. The number of allylic oxidation sites excluding steroid dienone is 2. The standard InChI is InChI=1S/C23H26O3.C6H14N.Li/c1-5-23(4,15-9-10-17(2)3)26-22(25)16-21(24)20-14-8-12-18-11-6-7-13-19(18)20;1-5(2)7-6(3)4;/h5-8,10-14H,1,9,15-16H2,2-4H3;5-6H,1-4H3;/q;-1;+1. The van der Waals surface area contributed by atoms with Crippen LogP contribution in [0.3, 0.4) is 0 Å². The average Bonchev–Trinajstić information content (AvgIpc) is 2.72. The Hall–Kier alpha value is -2.12. The van der Waals surface area contributed by atoms with Crippen LogP contribution in [0.15, 0.2) is 66.8 Å². The summed E-state index contributed by atoms with van der Waals surface area (Å²) in [7, 11) is 0. The molecule has 0 saturated carbocycles. The molecular formula is C29H40LiNO3. The van der Waals surface area contributed by atoms with Crippen LogP contribution in [-0.4, -0.2) is 29.4 Å². The van der Waals surface area contributed by atoms with Crippen LogP contribution in [0, 0.1) is 0 Å². The summed E-state index contributed by atoms with van der Waals surface area (Å²) in [5.74, 6) is -0.759. The van der Waals surface area contributed by atoms with Gasteiger partial charge in [0.25, 0.3) is 0 Å². The number of carbonyl (C=O) groups is 2. The Morgan fingerprint density at radius 1 is 1.03 bits per heavy atom. The van der Waals surface area contributed by atoms with Gasteiger partial charge >= 0.3 is 24.8 Å². The van der Waals surface area contributed by atoms with Gasteiger partial charge in [-0.05, 0) is 50.5 Å². The predicted molar refractivity (Wildman–Crippen MR) is 140 cm³/mol. The molecule has 2 aromatic rings. The molecule has 0 aliphatic carbocycles. The molecule has 0 aliphatic heterocycles. The summed E-state index contributed by atoms with van der Waals surface area (Å²) >= 11 is 0. The molecular weight excluding hydrogens is 417 g/mol. The monoisotopic (exact) mass is 457 g/mol. The van der Waals surface area contributed by atoms with Crippen molar-refractivity contribution < 1.29 is 33.2 Å². The van der Waals surface area contributed by atoms with E-state index in [-0.39, 0.29) is 31.1 Å². The molecule has 0 bridgehead atoms. The first-order valence-corrected chi connectivity index (χ1v) is 11.7.